The number of amides is 4. The van der Waals surface area contributed by atoms with Gasteiger partial charge in [0.1, 0.15) is 52.7 Å². The molecule has 13 rings (SSSR count). The fraction of sp³-hybridized carbons (Fsp3) is 0.597. The number of anilines is 8. The number of Topliss-reactive ketones (excluding diaryl/α,β-unsaturated/α-hetero) is 1. The molecule has 0 radical (unpaired) electrons. The SMILES string of the molecule is C.CC[C@@H]1C(=O)N(C)c2cnc(Cl)nc2N1C1CCC(=O)C1.CC[C@@H]1C(=O)N(C)c2cnc(Cl)nc2N1C1CCC(F)(F)C1.CC[C@@H]1C(=O)N(C)c2cnc(Cl)nc2N1C1CCC(O)C1.CC[C@@H]1C(=O)N(C)c2cnc(Cl)nc2N1C1CCC(OCc2ccccc2)C1.FC(F)I.FC(F)I.FCF. The lowest BCUT2D eigenvalue weighted by Crippen LogP contribution is -2.55. The summed E-state index contributed by atoms with van der Waals surface area (Å²) in [7, 11) is 6.88. The number of rotatable bonds is 11. The molecular formula is C67H86Cl4F8I2N16O7. The molecule has 8 heterocycles. The van der Waals surface area contributed by atoms with Crippen LogP contribution in [0.4, 0.5) is 81.1 Å². The summed E-state index contributed by atoms with van der Waals surface area (Å²) in [6.07, 6.45) is 15.5. The Kier molecular flexibility index (Phi) is 33.5. The Bertz CT molecular complexity index is 3690. The summed E-state index contributed by atoms with van der Waals surface area (Å²) in [5, 5.41) is 10.4. The van der Waals surface area contributed by atoms with Crippen molar-refractivity contribution in [2.24, 2.45) is 0 Å². The lowest BCUT2D eigenvalue weighted by Gasteiger charge is -2.43. The standard InChI is InChI=1S/C21H25ClN4O2.C14H17ClF2N4O.C14H19ClN4O2.C14H17ClN4O2.2CHF2I.CH2F2.CH4/c1-3-17-20(27)25(2)18-12-23-21(22)24-19(18)26(17)15-9-10-16(11-15)28-13-14-7-5-4-6-8-14;1-3-9-12(22)20(2)10-7-18-13(15)19-11(10)21(9)8-4-5-14(16,17)6-8;2*1-3-10-13(21)18(2)11-7-16-14(15)17-12(11)19(10)8-4-5-9(20)6-8;2*2-1(3)4;2-1-3;/h4-8,12,15-17H,3,9-11,13H2,1-2H3;7-9H,3-6H2,1-2H3;7-10,20H,3-6H2,1-2H3;7-8,10H,3-6H2,1-2H3;2*1H;1H2;1H4/t15?,16?,17-;8?,9-;8?,9?,10-;8?,10-;;;;/m1111..../s1. The van der Waals surface area contributed by atoms with Crippen LogP contribution in [0, 0.1) is 0 Å². The van der Waals surface area contributed by atoms with E-state index in [0.717, 1.165) is 95.9 Å². The Morgan fingerprint density at radius 3 is 1.17 bits per heavy atom. The fourth-order valence-corrected chi connectivity index (χ4v) is 14.7. The molecule has 37 heteroatoms. The van der Waals surface area contributed by atoms with Gasteiger partial charge in [0.2, 0.25) is 57.6 Å². The van der Waals surface area contributed by atoms with Gasteiger partial charge in [-0.3, -0.25) is 24.0 Å². The molecule has 23 nitrogen and oxygen atoms in total. The first-order valence-corrected chi connectivity index (χ1v) is 37.4. The zero-order valence-corrected chi connectivity index (χ0v) is 65.0. The second-order valence-corrected chi connectivity index (χ2v) is 28.3. The average Bonchev–Trinajstić information content (AvgIpc) is 1.26. The number of carbonyl (C=O) groups excluding carboxylic acids is 5. The molecule has 4 fully saturated rings. The first-order chi connectivity index (χ1) is 48.8. The van der Waals surface area contributed by atoms with Crippen molar-refractivity contribution in [3.05, 3.63) is 81.8 Å². The molecule has 5 aromatic rings. The van der Waals surface area contributed by atoms with E-state index in [1.54, 1.807) is 66.4 Å². The maximum absolute atomic E-state index is 13.6. The average molecular weight is 1780 g/mol. The molecule has 574 valence electrons. The Morgan fingerprint density at radius 2 is 0.865 bits per heavy atom. The number of aliphatic hydroxyl groups excluding tert-OH is 1. The molecular weight excluding hydrogens is 1690 g/mol. The van der Waals surface area contributed by atoms with E-state index in [1.165, 1.54) is 16.7 Å². The van der Waals surface area contributed by atoms with Crippen LogP contribution < -0.4 is 39.2 Å². The first-order valence-electron chi connectivity index (χ1n) is 33.4. The van der Waals surface area contributed by atoms with Crippen LogP contribution in [0.25, 0.3) is 0 Å². The molecule has 4 aromatic heterocycles. The number of benzene rings is 1. The molecule has 8 aliphatic rings. The number of aromatic nitrogens is 8. The van der Waals surface area contributed by atoms with Crippen LogP contribution in [0.15, 0.2) is 55.1 Å². The Balaban J connectivity index is 0.000000208. The van der Waals surface area contributed by atoms with Gasteiger partial charge in [-0.15, -0.1) is 0 Å². The number of aliphatic hydroxyl groups is 1. The molecule has 1 N–H and O–H groups in total. The summed E-state index contributed by atoms with van der Waals surface area (Å²) in [6, 6.07) is 8.84. The molecule has 0 spiro atoms. The minimum Gasteiger partial charge on any atom is -0.393 e. The van der Waals surface area contributed by atoms with E-state index < -0.39 is 33.8 Å². The van der Waals surface area contributed by atoms with Crippen molar-refractivity contribution in [1.82, 2.24) is 39.9 Å². The van der Waals surface area contributed by atoms with Crippen molar-refractivity contribution < 1.29 is 68.9 Å². The second kappa shape index (κ2) is 39.9. The normalized spacial score (nSPS) is 24.2. The summed E-state index contributed by atoms with van der Waals surface area (Å²) in [6.45, 7) is 6.72. The highest BCUT2D eigenvalue weighted by molar-refractivity contribution is 14.1. The largest absolute Gasteiger partial charge is 0.393 e. The van der Waals surface area contributed by atoms with E-state index in [9.17, 15) is 64.2 Å². The number of nitrogens with zero attached hydrogens (tertiary/aromatic N) is 16. The number of carbonyl (C=O) groups is 5. The smallest absolute Gasteiger partial charge is 0.287 e. The number of fused-ring (bicyclic) bond motifs is 4. The van der Waals surface area contributed by atoms with Crippen molar-refractivity contribution in [3.63, 3.8) is 0 Å². The maximum Gasteiger partial charge on any atom is 0.287 e. The molecule has 4 aliphatic heterocycles. The van der Waals surface area contributed by atoms with Gasteiger partial charge in [-0.2, -0.15) is 37.5 Å². The quantitative estimate of drug-likeness (QED) is 0.0559. The molecule has 4 amide bonds. The van der Waals surface area contributed by atoms with Crippen molar-refractivity contribution in [1.29, 1.82) is 0 Å². The molecule has 1 aromatic carbocycles. The lowest BCUT2D eigenvalue weighted by molar-refractivity contribution is -0.121. The molecule has 10 atom stereocenters. The molecule has 104 heavy (non-hydrogen) atoms. The number of ketones is 1. The van der Waals surface area contributed by atoms with Gasteiger partial charge in [-0.1, -0.05) is 65.5 Å². The van der Waals surface area contributed by atoms with E-state index in [-0.39, 0.29) is 119 Å². The molecule has 6 unspecified atom stereocenters. The monoisotopic (exact) mass is 1770 g/mol. The number of halogens is 14. The number of hydrogen-bond donors (Lipinski definition) is 1. The first kappa shape index (κ1) is 87.2. The van der Waals surface area contributed by atoms with Gasteiger partial charge in [-0.05, 0) is 174 Å². The summed E-state index contributed by atoms with van der Waals surface area (Å²) in [4.78, 5) is 110. The highest BCUT2D eigenvalue weighted by atomic mass is 127. The van der Waals surface area contributed by atoms with Crippen molar-refractivity contribution >= 4 is 167 Å². The van der Waals surface area contributed by atoms with Gasteiger partial charge in [0, 0.05) is 78.0 Å². The minimum atomic E-state index is -2.69. The molecule has 0 bridgehead atoms. The number of hydrogen-bond acceptors (Lipinski definition) is 19. The number of ether oxygens (including phenoxy) is 1. The van der Waals surface area contributed by atoms with Crippen LogP contribution in [0.3, 0.4) is 0 Å². The van der Waals surface area contributed by atoms with E-state index in [4.69, 9.17) is 51.1 Å². The Hall–Kier alpha value is -5.73. The lowest BCUT2D eigenvalue weighted by atomic mass is 10.0. The summed E-state index contributed by atoms with van der Waals surface area (Å²) in [5.74, 6) is 0.124. The van der Waals surface area contributed by atoms with Gasteiger partial charge in [0.15, 0.2) is 23.3 Å². The van der Waals surface area contributed by atoms with Gasteiger partial charge in [0.05, 0.1) is 43.6 Å². The third-order valence-corrected chi connectivity index (χ3v) is 19.6. The highest BCUT2D eigenvalue weighted by Crippen LogP contribution is 2.46. The zero-order chi connectivity index (χ0) is 75.9. The van der Waals surface area contributed by atoms with Crippen LogP contribution in [0.5, 0.6) is 0 Å². The number of likely N-dealkylation sites (N-methyl/N-ethyl adjacent to an activating group) is 4. The van der Waals surface area contributed by atoms with Crippen LogP contribution >= 0.6 is 91.6 Å². The van der Waals surface area contributed by atoms with Crippen molar-refractivity contribution in [3.8, 4) is 0 Å². The Morgan fingerprint density at radius 1 is 0.529 bits per heavy atom. The molecule has 4 aliphatic carbocycles. The van der Waals surface area contributed by atoms with Crippen molar-refractivity contribution in [2.45, 2.75) is 220 Å². The van der Waals surface area contributed by atoms with Crippen molar-refractivity contribution in [2.75, 3.05) is 74.3 Å². The van der Waals surface area contributed by atoms with E-state index in [2.05, 4.69) is 56.9 Å². The summed E-state index contributed by atoms with van der Waals surface area (Å²) in [5.41, 5.74) is 3.73. The highest BCUT2D eigenvalue weighted by Gasteiger charge is 2.50. The number of alkyl halides is 10. The maximum atomic E-state index is 13.6. The minimum absolute atomic E-state index is 0. The van der Waals surface area contributed by atoms with Gasteiger partial charge in [0.25, 0.3) is 8.86 Å². The Labute approximate surface area is 647 Å². The van der Waals surface area contributed by atoms with E-state index >= 15 is 0 Å². The topological polar surface area (TPSA) is 244 Å². The molecule has 0 saturated heterocycles. The van der Waals surface area contributed by atoms with Gasteiger partial charge < -0.3 is 49.0 Å². The van der Waals surface area contributed by atoms with Gasteiger partial charge in [-0.25, -0.2) is 37.5 Å². The zero-order valence-electron chi connectivity index (χ0n) is 57.7. The fourth-order valence-electron chi connectivity index (χ4n) is 14.2. The van der Waals surface area contributed by atoms with Crippen LogP contribution in [-0.2, 0) is 35.3 Å². The summed E-state index contributed by atoms with van der Waals surface area (Å²) >= 11 is 25.9. The predicted molar refractivity (Wildman–Crippen MR) is 403 cm³/mol. The third-order valence-electron chi connectivity index (χ3n) is 18.9. The second-order valence-electron chi connectivity index (χ2n) is 25.1. The van der Waals surface area contributed by atoms with Crippen LogP contribution in [-0.4, -0.2) is 185 Å². The van der Waals surface area contributed by atoms with E-state index in [1.807, 2.05) is 55.7 Å². The van der Waals surface area contributed by atoms with E-state index in [0.29, 0.717) is 91.8 Å². The molecule has 4 saturated carbocycles. The van der Waals surface area contributed by atoms with Crippen LogP contribution in [0.2, 0.25) is 21.1 Å². The van der Waals surface area contributed by atoms with Crippen LogP contribution in [0.1, 0.15) is 143 Å². The third kappa shape index (κ3) is 21.6. The predicted octanol–water partition coefficient (Wildman–Crippen LogP) is 14.9. The summed E-state index contributed by atoms with van der Waals surface area (Å²) < 4.78 is 89.6. The van der Waals surface area contributed by atoms with Gasteiger partial charge >= 0.3 is 0 Å².